The fourth-order valence-electron chi connectivity index (χ4n) is 4.52. The summed E-state index contributed by atoms with van der Waals surface area (Å²) in [5.74, 6) is 0.717. The molecule has 0 unspecified atom stereocenters. The van der Waals surface area contributed by atoms with E-state index in [2.05, 4.69) is 48.2 Å². The first-order valence-electron chi connectivity index (χ1n) is 10.8. The second-order valence-electron chi connectivity index (χ2n) is 9.18. The van der Waals surface area contributed by atoms with Gasteiger partial charge in [0.15, 0.2) is 0 Å². The highest BCUT2D eigenvalue weighted by molar-refractivity contribution is 6.33. The minimum absolute atomic E-state index is 0.283. The predicted molar refractivity (Wildman–Crippen MR) is 121 cm³/mol. The predicted octanol–water partition coefficient (Wildman–Crippen LogP) is 5.54. The average Bonchev–Trinajstić information content (AvgIpc) is 2.95. The average molecular weight is 414 g/mol. The highest BCUT2D eigenvalue weighted by atomic mass is 35.5. The van der Waals surface area contributed by atoms with Gasteiger partial charge in [0.25, 0.3) is 0 Å². The zero-order valence-electron chi connectivity index (χ0n) is 17.8. The van der Waals surface area contributed by atoms with E-state index in [4.69, 9.17) is 16.3 Å². The number of hydrogen-bond acceptors (Lipinski definition) is 4. The number of nitrogens with one attached hydrogen (secondary N) is 1. The van der Waals surface area contributed by atoms with Crippen molar-refractivity contribution in [2.24, 2.45) is 5.41 Å². The number of nitrogens with zero attached hydrogens (tertiary/aromatic N) is 2. The SMILES string of the molecule is CN(c1ccc(OC2CCC(C)(C)CC2)nc1)c1c(Cl)ccc2c1CCNCC2. The Morgan fingerprint density at radius 3 is 2.59 bits per heavy atom. The molecule has 0 saturated heterocycles. The fourth-order valence-corrected chi connectivity index (χ4v) is 4.82. The molecule has 0 bridgehead atoms. The highest BCUT2D eigenvalue weighted by Crippen LogP contribution is 2.38. The molecule has 0 radical (unpaired) electrons. The van der Waals surface area contributed by atoms with Crippen LogP contribution in [0.15, 0.2) is 30.5 Å². The molecule has 4 rings (SSSR count). The van der Waals surface area contributed by atoms with Gasteiger partial charge in [-0.25, -0.2) is 4.98 Å². The molecule has 1 aliphatic carbocycles. The normalized spacial score (nSPS) is 19.3. The van der Waals surface area contributed by atoms with Gasteiger partial charge in [-0.2, -0.15) is 0 Å². The van der Waals surface area contributed by atoms with E-state index in [0.29, 0.717) is 11.3 Å². The lowest BCUT2D eigenvalue weighted by atomic mass is 9.76. The van der Waals surface area contributed by atoms with Gasteiger partial charge in [0, 0.05) is 13.1 Å². The van der Waals surface area contributed by atoms with Crippen LogP contribution in [0.3, 0.4) is 0 Å². The Labute approximate surface area is 179 Å². The Morgan fingerprint density at radius 1 is 1.10 bits per heavy atom. The summed E-state index contributed by atoms with van der Waals surface area (Å²) in [5, 5.41) is 4.27. The molecule has 0 atom stereocenters. The third-order valence-electron chi connectivity index (χ3n) is 6.47. The summed E-state index contributed by atoms with van der Waals surface area (Å²) in [6.07, 6.45) is 8.85. The van der Waals surface area contributed by atoms with Crippen molar-refractivity contribution in [2.45, 2.75) is 58.5 Å². The van der Waals surface area contributed by atoms with Crippen LogP contribution in [-0.2, 0) is 12.8 Å². The molecule has 2 heterocycles. The zero-order chi connectivity index (χ0) is 20.4. The van der Waals surface area contributed by atoms with Gasteiger partial charge in [-0.1, -0.05) is 31.5 Å². The second kappa shape index (κ2) is 8.53. The minimum atomic E-state index is 0.283. The molecular formula is C24H32ClN3O. The highest BCUT2D eigenvalue weighted by Gasteiger charge is 2.28. The Balaban J connectivity index is 1.50. The number of aromatic nitrogens is 1. The van der Waals surface area contributed by atoms with Crippen LogP contribution in [-0.4, -0.2) is 31.2 Å². The molecular weight excluding hydrogens is 382 g/mol. The molecule has 29 heavy (non-hydrogen) atoms. The van der Waals surface area contributed by atoms with Gasteiger partial charge < -0.3 is 15.0 Å². The Kier molecular flexibility index (Phi) is 6.03. The van der Waals surface area contributed by atoms with E-state index >= 15 is 0 Å². The monoisotopic (exact) mass is 413 g/mol. The number of benzene rings is 1. The van der Waals surface area contributed by atoms with Gasteiger partial charge in [0.2, 0.25) is 5.88 Å². The Hall–Kier alpha value is -1.78. The van der Waals surface area contributed by atoms with E-state index in [1.165, 1.54) is 24.0 Å². The summed E-state index contributed by atoms with van der Waals surface area (Å²) in [5.41, 5.74) is 5.29. The van der Waals surface area contributed by atoms with E-state index < -0.39 is 0 Å². The molecule has 1 aromatic carbocycles. The lowest BCUT2D eigenvalue weighted by molar-refractivity contribution is 0.0949. The summed E-state index contributed by atoms with van der Waals surface area (Å²) >= 11 is 6.64. The summed E-state index contributed by atoms with van der Waals surface area (Å²) in [6, 6.07) is 8.26. The molecule has 2 aliphatic rings. The Morgan fingerprint density at radius 2 is 1.86 bits per heavy atom. The van der Waals surface area contributed by atoms with Crippen molar-refractivity contribution in [3.63, 3.8) is 0 Å². The molecule has 2 aromatic rings. The molecule has 5 heteroatoms. The molecule has 1 saturated carbocycles. The summed E-state index contributed by atoms with van der Waals surface area (Å²) < 4.78 is 6.16. The molecule has 156 valence electrons. The van der Waals surface area contributed by atoms with Gasteiger partial charge >= 0.3 is 0 Å². The van der Waals surface area contributed by atoms with Crippen LogP contribution in [0.5, 0.6) is 5.88 Å². The zero-order valence-corrected chi connectivity index (χ0v) is 18.6. The first-order chi connectivity index (χ1) is 13.9. The van der Waals surface area contributed by atoms with Crippen molar-refractivity contribution in [2.75, 3.05) is 25.0 Å². The number of rotatable bonds is 4. The first kappa shape index (κ1) is 20.5. The number of ether oxygens (including phenoxy) is 1. The molecule has 0 amide bonds. The molecule has 1 aliphatic heterocycles. The lowest BCUT2D eigenvalue weighted by Gasteiger charge is -2.34. The van der Waals surface area contributed by atoms with Gasteiger partial charge in [-0.15, -0.1) is 0 Å². The van der Waals surface area contributed by atoms with Crippen molar-refractivity contribution in [3.8, 4) is 5.88 Å². The third kappa shape index (κ3) is 4.70. The minimum Gasteiger partial charge on any atom is -0.474 e. The number of hydrogen-bond donors (Lipinski definition) is 1. The smallest absolute Gasteiger partial charge is 0.213 e. The topological polar surface area (TPSA) is 37.4 Å². The van der Waals surface area contributed by atoms with Gasteiger partial charge in [0.1, 0.15) is 6.10 Å². The largest absolute Gasteiger partial charge is 0.474 e. The van der Waals surface area contributed by atoms with Crippen molar-refractivity contribution in [3.05, 3.63) is 46.6 Å². The maximum atomic E-state index is 6.64. The van der Waals surface area contributed by atoms with Crippen LogP contribution in [0, 0.1) is 5.41 Å². The molecule has 1 fully saturated rings. The summed E-state index contributed by atoms with van der Waals surface area (Å²) in [6.45, 7) is 6.69. The molecule has 0 spiro atoms. The molecule has 1 aromatic heterocycles. The second-order valence-corrected chi connectivity index (χ2v) is 9.59. The van der Waals surface area contributed by atoms with E-state index in [-0.39, 0.29) is 6.10 Å². The van der Waals surface area contributed by atoms with Gasteiger partial charge in [-0.3, -0.25) is 0 Å². The fraction of sp³-hybridized carbons (Fsp3) is 0.542. The van der Waals surface area contributed by atoms with Crippen LogP contribution in [0.25, 0.3) is 0 Å². The summed E-state index contributed by atoms with van der Waals surface area (Å²) in [4.78, 5) is 6.76. The Bertz CT molecular complexity index is 840. The number of halogens is 1. The third-order valence-corrected chi connectivity index (χ3v) is 6.78. The molecule has 1 N–H and O–H groups in total. The van der Waals surface area contributed by atoms with Crippen molar-refractivity contribution < 1.29 is 4.74 Å². The summed E-state index contributed by atoms with van der Waals surface area (Å²) in [7, 11) is 2.07. The van der Waals surface area contributed by atoms with E-state index in [1.807, 2.05) is 18.3 Å². The van der Waals surface area contributed by atoms with Crippen LogP contribution in [0.4, 0.5) is 11.4 Å². The van der Waals surface area contributed by atoms with Crippen LogP contribution >= 0.6 is 11.6 Å². The standard InChI is InChI=1S/C24H32ClN3O/c1-24(2)12-8-19(9-13-24)29-22-7-5-18(16-27-22)28(3)23-20-11-15-26-14-10-17(20)4-6-21(23)25/h4-7,16,19,26H,8-15H2,1-3H3. The van der Waals surface area contributed by atoms with Crippen LogP contribution in [0.2, 0.25) is 5.02 Å². The number of pyridine rings is 1. The van der Waals surface area contributed by atoms with Crippen molar-refractivity contribution in [1.29, 1.82) is 0 Å². The van der Waals surface area contributed by atoms with Crippen molar-refractivity contribution in [1.82, 2.24) is 10.3 Å². The first-order valence-corrected chi connectivity index (χ1v) is 11.2. The maximum absolute atomic E-state index is 6.64. The van der Waals surface area contributed by atoms with Crippen LogP contribution in [0.1, 0.15) is 50.7 Å². The van der Waals surface area contributed by atoms with Gasteiger partial charge in [0.05, 0.1) is 22.6 Å². The van der Waals surface area contributed by atoms with E-state index in [9.17, 15) is 0 Å². The van der Waals surface area contributed by atoms with E-state index in [1.54, 1.807) is 0 Å². The quantitative estimate of drug-likeness (QED) is 0.714. The number of fused-ring (bicyclic) bond motifs is 1. The van der Waals surface area contributed by atoms with Gasteiger partial charge in [-0.05, 0) is 80.3 Å². The molecule has 4 nitrogen and oxygen atoms in total. The maximum Gasteiger partial charge on any atom is 0.213 e. The van der Waals surface area contributed by atoms with Crippen LogP contribution < -0.4 is 15.0 Å². The van der Waals surface area contributed by atoms with Crippen molar-refractivity contribution >= 4 is 23.0 Å². The number of anilines is 2. The van der Waals surface area contributed by atoms with E-state index in [0.717, 1.165) is 55.2 Å². The lowest BCUT2D eigenvalue weighted by Crippen LogP contribution is -2.28.